The molecular weight excluding hydrogens is 164 g/mol. The van der Waals surface area contributed by atoms with Crippen LogP contribution in [0.5, 0.6) is 0 Å². The lowest BCUT2D eigenvalue weighted by molar-refractivity contribution is 0.101. The molecular formula is C10H10N2O. The number of hydrogen-bond acceptors (Lipinski definition) is 2. The van der Waals surface area contributed by atoms with Crippen molar-refractivity contribution in [1.29, 1.82) is 0 Å². The molecule has 2 aromatic rings. The SMILES string of the molecule is CC(=O)c1ccc2c(C)[nH]nc2c1. The Hall–Kier alpha value is -1.64. The summed E-state index contributed by atoms with van der Waals surface area (Å²) < 4.78 is 0. The number of carbonyl (C=O) groups is 1. The standard InChI is InChI=1S/C10H10N2O/c1-6-9-4-3-8(7(2)13)5-10(9)12-11-6/h3-5H,1-2H3,(H,11,12). The molecule has 0 saturated carbocycles. The zero-order valence-electron chi connectivity index (χ0n) is 7.59. The van der Waals surface area contributed by atoms with E-state index in [4.69, 9.17) is 0 Å². The van der Waals surface area contributed by atoms with Gasteiger partial charge in [-0.3, -0.25) is 9.89 Å². The second-order valence-electron chi connectivity index (χ2n) is 3.14. The van der Waals surface area contributed by atoms with Crippen molar-refractivity contribution in [3.8, 4) is 0 Å². The van der Waals surface area contributed by atoms with Crippen LogP contribution >= 0.6 is 0 Å². The van der Waals surface area contributed by atoms with Gasteiger partial charge in [0.1, 0.15) is 0 Å². The highest BCUT2D eigenvalue weighted by molar-refractivity contribution is 5.98. The molecule has 0 aliphatic rings. The Morgan fingerprint density at radius 1 is 1.46 bits per heavy atom. The van der Waals surface area contributed by atoms with E-state index in [-0.39, 0.29) is 5.78 Å². The van der Waals surface area contributed by atoms with Gasteiger partial charge in [0.05, 0.1) is 5.52 Å². The third-order valence-corrected chi connectivity index (χ3v) is 2.15. The average molecular weight is 174 g/mol. The van der Waals surface area contributed by atoms with Gasteiger partial charge in [0.2, 0.25) is 0 Å². The second-order valence-corrected chi connectivity index (χ2v) is 3.14. The molecule has 0 unspecified atom stereocenters. The first-order valence-electron chi connectivity index (χ1n) is 4.14. The Kier molecular flexibility index (Phi) is 1.65. The number of hydrogen-bond donors (Lipinski definition) is 1. The highest BCUT2D eigenvalue weighted by atomic mass is 16.1. The Labute approximate surface area is 75.8 Å². The number of aryl methyl sites for hydroxylation is 1. The summed E-state index contributed by atoms with van der Waals surface area (Å²) >= 11 is 0. The Morgan fingerprint density at radius 2 is 2.23 bits per heavy atom. The van der Waals surface area contributed by atoms with Gasteiger partial charge in [-0.15, -0.1) is 0 Å². The first-order valence-corrected chi connectivity index (χ1v) is 4.14. The minimum Gasteiger partial charge on any atom is -0.295 e. The fraction of sp³-hybridized carbons (Fsp3) is 0.200. The van der Waals surface area contributed by atoms with Crippen molar-refractivity contribution in [2.75, 3.05) is 0 Å². The minimum absolute atomic E-state index is 0.0718. The van der Waals surface area contributed by atoms with E-state index in [2.05, 4.69) is 10.2 Å². The highest BCUT2D eigenvalue weighted by Gasteiger charge is 2.04. The molecule has 0 amide bonds. The summed E-state index contributed by atoms with van der Waals surface area (Å²) in [6.45, 7) is 3.52. The van der Waals surface area contributed by atoms with Crippen LogP contribution in [0, 0.1) is 6.92 Å². The van der Waals surface area contributed by atoms with Gasteiger partial charge < -0.3 is 0 Å². The molecule has 0 bridgehead atoms. The summed E-state index contributed by atoms with van der Waals surface area (Å²) in [5, 5.41) is 8.04. The van der Waals surface area contributed by atoms with Crippen LogP contribution in [0.3, 0.4) is 0 Å². The van der Waals surface area contributed by atoms with Crippen molar-refractivity contribution < 1.29 is 4.79 Å². The number of rotatable bonds is 1. The molecule has 0 aliphatic heterocycles. The molecule has 3 nitrogen and oxygen atoms in total. The monoisotopic (exact) mass is 174 g/mol. The predicted octanol–water partition coefficient (Wildman–Crippen LogP) is 2.07. The Bertz CT molecular complexity index is 471. The Balaban J connectivity index is 2.70. The van der Waals surface area contributed by atoms with Crippen LogP contribution in [0.2, 0.25) is 0 Å². The summed E-state index contributed by atoms with van der Waals surface area (Å²) in [4.78, 5) is 11.1. The third kappa shape index (κ3) is 1.22. The van der Waals surface area contributed by atoms with Crippen LogP contribution in [0.25, 0.3) is 10.9 Å². The molecule has 1 N–H and O–H groups in total. The fourth-order valence-corrected chi connectivity index (χ4v) is 1.36. The number of ketones is 1. The van der Waals surface area contributed by atoms with E-state index in [0.717, 1.165) is 16.6 Å². The van der Waals surface area contributed by atoms with Crippen LogP contribution in [0.4, 0.5) is 0 Å². The van der Waals surface area contributed by atoms with Crippen LogP contribution in [-0.2, 0) is 0 Å². The van der Waals surface area contributed by atoms with E-state index in [1.807, 2.05) is 19.1 Å². The van der Waals surface area contributed by atoms with Gasteiger partial charge in [-0.2, -0.15) is 5.10 Å². The van der Waals surface area contributed by atoms with Crippen molar-refractivity contribution in [3.63, 3.8) is 0 Å². The van der Waals surface area contributed by atoms with Crippen molar-refractivity contribution in [2.24, 2.45) is 0 Å². The van der Waals surface area contributed by atoms with Gasteiger partial charge in [-0.05, 0) is 19.9 Å². The Morgan fingerprint density at radius 3 is 2.92 bits per heavy atom. The maximum Gasteiger partial charge on any atom is 0.159 e. The maximum atomic E-state index is 11.1. The molecule has 0 radical (unpaired) electrons. The number of Topliss-reactive ketones (excluding diaryl/α,β-unsaturated/α-hetero) is 1. The van der Waals surface area contributed by atoms with Gasteiger partial charge in [-0.25, -0.2) is 0 Å². The molecule has 1 aromatic heterocycles. The predicted molar refractivity (Wildman–Crippen MR) is 50.8 cm³/mol. The van der Waals surface area contributed by atoms with E-state index < -0.39 is 0 Å². The minimum atomic E-state index is 0.0718. The number of nitrogens with one attached hydrogen (secondary N) is 1. The number of aromatic nitrogens is 2. The topological polar surface area (TPSA) is 45.8 Å². The lowest BCUT2D eigenvalue weighted by atomic mass is 10.1. The van der Waals surface area contributed by atoms with Crippen molar-refractivity contribution in [3.05, 3.63) is 29.5 Å². The first-order chi connectivity index (χ1) is 6.18. The largest absolute Gasteiger partial charge is 0.295 e. The zero-order chi connectivity index (χ0) is 9.42. The molecule has 0 saturated heterocycles. The second kappa shape index (κ2) is 2.69. The molecule has 0 spiro atoms. The maximum absolute atomic E-state index is 11.1. The fourth-order valence-electron chi connectivity index (χ4n) is 1.36. The summed E-state index contributed by atoms with van der Waals surface area (Å²) in [5.74, 6) is 0.0718. The van der Waals surface area contributed by atoms with E-state index >= 15 is 0 Å². The molecule has 66 valence electrons. The molecule has 0 aliphatic carbocycles. The van der Waals surface area contributed by atoms with E-state index in [0.29, 0.717) is 5.56 Å². The lowest BCUT2D eigenvalue weighted by Crippen LogP contribution is -1.90. The average Bonchev–Trinajstić information content (AvgIpc) is 2.47. The zero-order valence-corrected chi connectivity index (χ0v) is 7.59. The van der Waals surface area contributed by atoms with Gasteiger partial charge in [0.25, 0.3) is 0 Å². The summed E-state index contributed by atoms with van der Waals surface area (Å²) in [6, 6.07) is 5.55. The van der Waals surface area contributed by atoms with E-state index in [1.54, 1.807) is 13.0 Å². The summed E-state index contributed by atoms with van der Waals surface area (Å²) in [7, 11) is 0. The number of carbonyl (C=O) groups excluding carboxylic acids is 1. The number of aromatic amines is 1. The van der Waals surface area contributed by atoms with Crippen LogP contribution in [0.1, 0.15) is 23.0 Å². The molecule has 1 aromatic carbocycles. The molecule has 0 fully saturated rings. The molecule has 3 heteroatoms. The van der Waals surface area contributed by atoms with Gasteiger partial charge in [-0.1, -0.05) is 12.1 Å². The van der Waals surface area contributed by atoms with Gasteiger partial charge in [0.15, 0.2) is 5.78 Å². The number of benzene rings is 1. The molecule has 2 rings (SSSR count). The van der Waals surface area contributed by atoms with Crippen LogP contribution in [0.15, 0.2) is 18.2 Å². The van der Waals surface area contributed by atoms with Crippen LogP contribution in [-0.4, -0.2) is 16.0 Å². The van der Waals surface area contributed by atoms with Crippen molar-refractivity contribution in [2.45, 2.75) is 13.8 Å². The lowest BCUT2D eigenvalue weighted by Gasteiger charge is -1.94. The van der Waals surface area contributed by atoms with E-state index in [9.17, 15) is 4.79 Å². The normalized spacial score (nSPS) is 10.6. The van der Waals surface area contributed by atoms with E-state index in [1.165, 1.54) is 0 Å². The van der Waals surface area contributed by atoms with Crippen molar-refractivity contribution in [1.82, 2.24) is 10.2 Å². The number of H-pyrrole nitrogens is 1. The summed E-state index contributed by atoms with van der Waals surface area (Å²) in [6.07, 6.45) is 0. The number of fused-ring (bicyclic) bond motifs is 1. The molecule has 1 heterocycles. The van der Waals surface area contributed by atoms with Crippen LogP contribution < -0.4 is 0 Å². The van der Waals surface area contributed by atoms with Crippen molar-refractivity contribution >= 4 is 16.7 Å². The quantitative estimate of drug-likeness (QED) is 0.673. The highest BCUT2D eigenvalue weighted by Crippen LogP contribution is 2.16. The van der Waals surface area contributed by atoms with Gasteiger partial charge >= 0.3 is 0 Å². The molecule has 0 atom stereocenters. The summed E-state index contributed by atoms with van der Waals surface area (Å²) in [5.41, 5.74) is 2.59. The first kappa shape index (κ1) is 7.98. The third-order valence-electron chi connectivity index (χ3n) is 2.15. The van der Waals surface area contributed by atoms with Gasteiger partial charge in [0, 0.05) is 16.6 Å². The smallest absolute Gasteiger partial charge is 0.159 e. The molecule has 13 heavy (non-hydrogen) atoms. The number of nitrogens with zero attached hydrogens (tertiary/aromatic N) is 1.